The lowest BCUT2D eigenvalue weighted by Gasteiger charge is -2.37. The highest BCUT2D eigenvalue weighted by molar-refractivity contribution is 5.86. The highest BCUT2D eigenvalue weighted by Crippen LogP contribution is 2.27. The molecule has 1 amide bonds. The minimum atomic E-state index is -0.643. The Morgan fingerprint density at radius 3 is 2.50 bits per heavy atom. The standard InChI is InChI=1S/C18H29N5O/c1-13-12-16(21-14(2)20-13)23-10-6-15(7-11-23)22-17(24)18(19)8-4-3-5-9-18/h12,15H,3-11,19H2,1-2H3,(H,22,24). The zero-order chi connectivity index (χ0) is 17.2. The lowest BCUT2D eigenvalue weighted by Crippen LogP contribution is -2.58. The second-order valence-corrected chi connectivity index (χ2v) is 7.37. The predicted octanol–water partition coefficient (Wildman–Crippen LogP) is 1.84. The number of nitrogens with zero attached hydrogens (tertiary/aromatic N) is 3. The molecule has 6 nitrogen and oxygen atoms in total. The van der Waals surface area contributed by atoms with Gasteiger partial charge in [-0.05, 0) is 39.5 Å². The first kappa shape index (κ1) is 17.1. The van der Waals surface area contributed by atoms with Crippen molar-refractivity contribution in [3.63, 3.8) is 0 Å². The fraction of sp³-hybridized carbons (Fsp3) is 0.722. The van der Waals surface area contributed by atoms with Crippen LogP contribution in [0, 0.1) is 13.8 Å². The number of piperidine rings is 1. The van der Waals surface area contributed by atoms with Crippen LogP contribution in [0.15, 0.2) is 6.07 Å². The third-order valence-electron chi connectivity index (χ3n) is 5.30. The molecule has 24 heavy (non-hydrogen) atoms. The molecule has 1 aromatic heterocycles. The van der Waals surface area contributed by atoms with E-state index < -0.39 is 5.54 Å². The van der Waals surface area contributed by atoms with E-state index in [4.69, 9.17) is 5.73 Å². The molecule has 0 unspecified atom stereocenters. The lowest BCUT2D eigenvalue weighted by atomic mass is 9.81. The number of anilines is 1. The molecule has 1 saturated carbocycles. The van der Waals surface area contributed by atoms with Gasteiger partial charge in [-0.15, -0.1) is 0 Å². The number of nitrogens with one attached hydrogen (secondary N) is 1. The number of amides is 1. The highest BCUT2D eigenvalue weighted by atomic mass is 16.2. The molecule has 2 fully saturated rings. The van der Waals surface area contributed by atoms with Crippen molar-refractivity contribution >= 4 is 11.7 Å². The van der Waals surface area contributed by atoms with Crippen LogP contribution in [0.25, 0.3) is 0 Å². The minimum absolute atomic E-state index is 0.0503. The van der Waals surface area contributed by atoms with E-state index in [0.717, 1.165) is 69.0 Å². The van der Waals surface area contributed by atoms with Crippen molar-refractivity contribution in [3.8, 4) is 0 Å². The van der Waals surface area contributed by atoms with Gasteiger partial charge in [0.15, 0.2) is 0 Å². The van der Waals surface area contributed by atoms with Gasteiger partial charge >= 0.3 is 0 Å². The van der Waals surface area contributed by atoms with Crippen molar-refractivity contribution < 1.29 is 4.79 Å². The maximum absolute atomic E-state index is 12.6. The minimum Gasteiger partial charge on any atom is -0.356 e. The van der Waals surface area contributed by atoms with E-state index in [1.807, 2.05) is 19.9 Å². The first-order valence-corrected chi connectivity index (χ1v) is 9.13. The second-order valence-electron chi connectivity index (χ2n) is 7.37. The Bertz CT molecular complexity index is 569. The third-order valence-corrected chi connectivity index (χ3v) is 5.30. The summed E-state index contributed by atoms with van der Waals surface area (Å²) < 4.78 is 0. The smallest absolute Gasteiger partial charge is 0.240 e. The van der Waals surface area contributed by atoms with E-state index in [1.165, 1.54) is 6.42 Å². The number of hydrogen-bond donors (Lipinski definition) is 2. The molecule has 6 heteroatoms. The molecule has 1 aromatic rings. The van der Waals surface area contributed by atoms with Gasteiger partial charge in [0.25, 0.3) is 0 Å². The summed E-state index contributed by atoms with van der Waals surface area (Å²) in [5, 5.41) is 3.20. The quantitative estimate of drug-likeness (QED) is 0.883. The molecule has 1 aliphatic heterocycles. The molecule has 3 N–H and O–H groups in total. The fourth-order valence-electron chi connectivity index (χ4n) is 3.85. The van der Waals surface area contributed by atoms with Crippen LogP contribution in [0.4, 0.5) is 5.82 Å². The van der Waals surface area contributed by atoms with Crippen molar-refractivity contribution in [2.75, 3.05) is 18.0 Å². The number of carbonyl (C=O) groups is 1. The molecule has 0 radical (unpaired) electrons. The van der Waals surface area contributed by atoms with Gasteiger partial charge in [-0.3, -0.25) is 4.79 Å². The van der Waals surface area contributed by atoms with Crippen LogP contribution >= 0.6 is 0 Å². The Morgan fingerprint density at radius 1 is 1.21 bits per heavy atom. The summed E-state index contributed by atoms with van der Waals surface area (Å²) in [5.74, 6) is 1.85. The maximum Gasteiger partial charge on any atom is 0.240 e. The van der Waals surface area contributed by atoms with E-state index in [-0.39, 0.29) is 11.9 Å². The maximum atomic E-state index is 12.6. The SMILES string of the molecule is Cc1cc(N2CCC(NC(=O)C3(N)CCCCC3)CC2)nc(C)n1. The monoisotopic (exact) mass is 331 g/mol. The van der Waals surface area contributed by atoms with E-state index in [2.05, 4.69) is 20.2 Å². The summed E-state index contributed by atoms with van der Waals surface area (Å²) in [5.41, 5.74) is 6.69. The molecular formula is C18H29N5O. The number of aryl methyl sites for hydroxylation is 2. The molecular weight excluding hydrogens is 302 g/mol. The summed E-state index contributed by atoms with van der Waals surface area (Å²) in [6.07, 6.45) is 6.83. The summed E-state index contributed by atoms with van der Waals surface area (Å²) in [7, 11) is 0. The van der Waals surface area contributed by atoms with Crippen LogP contribution in [0.3, 0.4) is 0 Å². The van der Waals surface area contributed by atoms with Gasteiger partial charge in [0.1, 0.15) is 11.6 Å². The van der Waals surface area contributed by atoms with Gasteiger partial charge in [-0.2, -0.15) is 0 Å². The topological polar surface area (TPSA) is 84.1 Å². The Hall–Kier alpha value is -1.69. The molecule has 3 rings (SSSR count). The molecule has 2 heterocycles. The Balaban J connectivity index is 1.54. The van der Waals surface area contributed by atoms with Crippen LogP contribution in [-0.4, -0.2) is 40.5 Å². The molecule has 0 bridgehead atoms. The zero-order valence-electron chi connectivity index (χ0n) is 14.8. The largest absolute Gasteiger partial charge is 0.356 e. The molecule has 0 aromatic carbocycles. The first-order valence-electron chi connectivity index (χ1n) is 9.13. The molecule has 0 spiro atoms. The number of rotatable bonds is 3. The highest BCUT2D eigenvalue weighted by Gasteiger charge is 2.36. The van der Waals surface area contributed by atoms with Crippen LogP contribution in [0.2, 0.25) is 0 Å². The van der Waals surface area contributed by atoms with E-state index >= 15 is 0 Å². The number of nitrogens with two attached hydrogens (primary N) is 1. The van der Waals surface area contributed by atoms with Crippen molar-refractivity contribution in [3.05, 3.63) is 17.6 Å². The Morgan fingerprint density at radius 2 is 1.88 bits per heavy atom. The van der Waals surface area contributed by atoms with Gasteiger partial charge in [0.05, 0.1) is 5.54 Å². The normalized spacial score (nSPS) is 21.5. The van der Waals surface area contributed by atoms with Crippen molar-refractivity contribution in [2.45, 2.75) is 70.4 Å². The van der Waals surface area contributed by atoms with Gasteiger partial charge in [-0.25, -0.2) is 9.97 Å². The third kappa shape index (κ3) is 3.86. The summed E-state index contributed by atoms with van der Waals surface area (Å²) in [6, 6.07) is 2.25. The van der Waals surface area contributed by atoms with E-state index in [9.17, 15) is 4.79 Å². The first-order chi connectivity index (χ1) is 11.5. The average Bonchev–Trinajstić information content (AvgIpc) is 2.55. The number of aromatic nitrogens is 2. The Labute approximate surface area is 144 Å². The fourth-order valence-corrected chi connectivity index (χ4v) is 3.85. The summed E-state index contributed by atoms with van der Waals surface area (Å²) in [6.45, 7) is 5.72. The molecule has 2 aliphatic rings. The van der Waals surface area contributed by atoms with Crippen LogP contribution in [0.1, 0.15) is 56.5 Å². The van der Waals surface area contributed by atoms with Crippen molar-refractivity contribution in [1.82, 2.24) is 15.3 Å². The van der Waals surface area contributed by atoms with E-state index in [1.54, 1.807) is 0 Å². The van der Waals surface area contributed by atoms with Crippen molar-refractivity contribution in [1.29, 1.82) is 0 Å². The van der Waals surface area contributed by atoms with Gasteiger partial charge in [0.2, 0.25) is 5.91 Å². The van der Waals surface area contributed by atoms with E-state index in [0.29, 0.717) is 0 Å². The second kappa shape index (κ2) is 7.05. The molecule has 1 saturated heterocycles. The van der Waals surface area contributed by atoms with Crippen LogP contribution in [0.5, 0.6) is 0 Å². The zero-order valence-corrected chi connectivity index (χ0v) is 14.8. The van der Waals surface area contributed by atoms with Gasteiger partial charge in [0, 0.05) is 30.9 Å². The number of hydrogen-bond acceptors (Lipinski definition) is 5. The van der Waals surface area contributed by atoms with Crippen LogP contribution < -0.4 is 16.0 Å². The van der Waals surface area contributed by atoms with Gasteiger partial charge in [-0.1, -0.05) is 19.3 Å². The average molecular weight is 331 g/mol. The lowest BCUT2D eigenvalue weighted by molar-refractivity contribution is -0.128. The Kier molecular flexibility index (Phi) is 5.04. The number of carbonyl (C=O) groups excluding carboxylic acids is 1. The van der Waals surface area contributed by atoms with Crippen molar-refractivity contribution in [2.24, 2.45) is 5.73 Å². The van der Waals surface area contributed by atoms with Gasteiger partial charge < -0.3 is 16.0 Å². The van der Waals surface area contributed by atoms with Crippen LogP contribution in [-0.2, 0) is 4.79 Å². The summed E-state index contributed by atoms with van der Waals surface area (Å²) in [4.78, 5) is 23.7. The summed E-state index contributed by atoms with van der Waals surface area (Å²) >= 11 is 0. The molecule has 1 aliphatic carbocycles. The molecule has 132 valence electrons. The molecule has 0 atom stereocenters. The predicted molar refractivity (Wildman–Crippen MR) is 94.9 cm³/mol.